The van der Waals surface area contributed by atoms with Crippen molar-refractivity contribution in [3.8, 4) is 11.8 Å². The predicted molar refractivity (Wildman–Crippen MR) is 112 cm³/mol. The molecule has 2 aromatic carbocycles. The molecule has 1 heterocycles. The summed E-state index contributed by atoms with van der Waals surface area (Å²) in [4.78, 5) is 17.3. The first kappa shape index (κ1) is 19.2. The first-order chi connectivity index (χ1) is 13.1. The number of nitriles is 1. The maximum absolute atomic E-state index is 12.3. The molecule has 0 saturated carbocycles. The van der Waals surface area contributed by atoms with Crippen LogP contribution in [0.5, 0.6) is 5.75 Å². The zero-order valence-electron chi connectivity index (χ0n) is 14.5. The third-order valence-electron chi connectivity index (χ3n) is 3.78. The van der Waals surface area contributed by atoms with Crippen molar-refractivity contribution >= 4 is 50.5 Å². The second-order valence-corrected chi connectivity index (χ2v) is 7.58. The largest absolute Gasteiger partial charge is 0.478 e. The molecule has 1 amide bonds. The number of hydrogen-bond acceptors (Lipinski definition) is 5. The molecule has 1 aliphatic rings. The Balaban J connectivity index is 1.84. The van der Waals surface area contributed by atoms with Crippen LogP contribution < -0.4 is 10.1 Å². The quantitative estimate of drug-likeness (QED) is 0.675. The predicted octanol–water partition coefficient (Wildman–Crippen LogP) is 4.81. The molecule has 0 bridgehead atoms. The van der Waals surface area contributed by atoms with Crippen molar-refractivity contribution in [3.63, 3.8) is 0 Å². The van der Waals surface area contributed by atoms with Crippen molar-refractivity contribution in [3.05, 3.63) is 63.0 Å². The van der Waals surface area contributed by atoms with Crippen molar-refractivity contribution in [1.82, 2.24) is 5.32 Å². The van der Waals surface area contributed by atoms with Crippen molar-refractivity contribution < 1.29 is 9.53 Å². The van der Waals surface area contributed by atoms with Gasteiger partial charge in [-0.3, -0.25) is 4.79 Å². The molecule has 1 fully saturated rings. The number of aliphatic imine (C=N–C) groups is 1. The molecule has 0 atom stereocenters. The van der Waals surface area contributed by atoms with Gasteiger partial charge in [0.15, 0.2) is 11.8 Å². The Kier molecular flexibility index (Phi) is 6.32. The van der Waals surface area contributed by atoms with E-state index in [1.807, 2.05) is 42.5 Å². The topological polar surface area (TPSA) is 74.5 Å². The molecule has 1 saturated heterocycles. The van der Waals surface area contributed by atoms with E-state index in [1.165, 1.54) is 17.3 Å². The number of carbonyl (C=O) groups excluding carboxylic acids is 1. The monoisotopic (exact) mass is 441 g/mol. The number of halogens is 1. The summed E-state index contributed by atoms with van der Waals surface area (Å²) in [5.41, 5.74) is 2.74. The van der Waals surface area contributed by atoms with Crippen LogP contribution >= 0.6 is 27.7 Å². The fourth-order valence-corrected chi connectivity index (χ4v) is 3.63. The standard InChI is InChI=1S/C20H16BrN3O2S/c1-2-13-3-6-16(7-4-13)23-20-24-19(25)18(27-20)12-14-11-15(21)5-8-17(14)26-10-9-22/h3-8,11-12H,2,10H2,1H3,(H,23,24,25)/b18-12+. The smallest absolute Gasteiger partial charge is 0.264 e. The maximum Gasteiger partial charge on any atom is 0.264 e. The van der Waals surface area contributed by atoms with Gasteiger partial charge in [0, 0.05) is 10.0 Å². The van der Waals surface area contributed by atoms with Gasteiger partial charge in [0.25, 0.3) is 5.91 Å². The third kappa shape index (κ3) is 5.00. The fraction of sp³-hybridized carbons (Fsp3) is 0.150. The number of carbonyl (C=O) groups is 1. The summed E-state index contributed by atoms with van der Waals surface area (Å²) in [7, 11) is 0. The first-order valence-electron chi connectivity index (χ1n) is 8.27. The number of ether oxygens (including phenoxy) is 1. The fourth-order valence-electron chi connectivity index (χ4n) is 2.42. The minimum Gasteiger partial charge on any atom is -0.478 e. The van der Waals surface area contributed by atoms with E-state index in [-0.39, 0.29) is 12.5 Å². The van der Waals surface area contributed by atoms with Gasteiger partial charge in [-0.25, -0.2) is 4.99 Å². The number of amides is 1. The highest BCUT2D eigenvalue weighted by molar-refractivity contribution is 9.10. The molecule has 1 N–H and O–H groups in total. The molecular formula is C20H16BrN3O2S. The van der Waals surface area contributed by atoms with Gasteiger partial charge >= 0.3 is 0 Å². The zero-order valence-corrected chi connectivity index (χ0v) is 16.9. The summed E-state index contributed by atoms with van der Waals surface area (Å²) in [5.74, 6) is 0.330. The number of thioether (sulfide) groups is 1. The highest BCUT2D eigenvalue weighted by Crippen LogP contribution is 2.32. The van der Waals surface area contributed by atoms with Crippen molar-refractivity contribution in [2.45, 2.75) is 13.3 Å². The Labute approximate surface area is 170 Å². The number of nitrogens with one attached hydrogen (secondary N) is 1. The Morgan fingerprint density at radius 2 is 2.07 bits per heavy atom. The van der Waals surface area contributed by atoms with Gasteiger partial charge in [-0.15, -0.1) is 0 Å². The normalized spacial score (nSPS) is 16.4. The molecule has 3 rings (SSSR count). The summed E-state index contributed by atoms with van der Waals surface area (Å²) < 4.78 is 6.29. The molecule has 27 heavy (non-hydrogen) atoms. The molecule has 0 spiro atoms. The van der Waals surface area contributed by atoms with Crippen LogP contribution in [0, 0.1) is 11.3 Å². The lowest BCUT2D eigenvalue weighted by atomic mass is 10.2. The summed E-state index contributed by atoms with van der Waals surface area (Å²) in [5, 5.41) is 12.0. The van der Waals surface area contributed by atoms with Gasteiger partial charge < -0.3 is 10.1 Å². The molecule has 5 nitrogen and oxygen atoms in total. The average molecular weight is 442 g/mol. The first-order valence-corrected chi connectivity index (χ1v) is 9.88. The molecule has 0 aromatic heterocycles. The van der Waals surface area contributed by atoms with Crippen LogP contribution in [0.25, 0.3) is 6.08 Å². The molecule has 0 unspecified atom stereocenters. The van der Waals surface area contributed by atoms with E-state index in [4.69, 9.17) is 10.00 Å². The zero-order chi connectivity index (χ0) is 19.2. The molecule has 2 aromatic rings. The van der Waals surface area contributed by atoms with Crippen molar-refractivity contribution in [2.75, 3.05) is 6.61 Å². The molecular weight excluding hydrogens is 426 g/mol. The van der Waals surface area contributed by atoms with Crippen LogP contribution in [0.3, 0.4) is 0 Å². The van der Waals surface area contributed by atoms with Crippen molar-refractivity contribution in [1.29, 1.82) is 5.26 Å². The summed E-state index contributed by atoms with van der Waals surface area (Å²) in [6, 6.07) is 15.3. The number of hydrogen-bond donors (Lipinski definition) is 1. The highest BCUT2D eigenvalue weighted by Gasteiger charge is 2.24. The van der Waals surface area contributed by atoms with Crippen LogP contribution in [0.15, 0.2) is 56.8 Å². The van der Waals surface area contributed by atoms with E-state index in [1.54, 1.807) is 12.1 Å². The van der Waals surface area contributed by atoms with E-state index in [9.17, 15) is 4.79 Å². The SMILES string of the molecule is CCc1ccc(N=C2NC(=O)/C(=C\c3cc(Br)ccc3OCC#N)S2)cc1. The van der Waals surface area contributed by atoms with Gasteiger partial charge in [0.2, 0.25) is 0 Å². The van der Waals surface area contributed by atoms with E-state index >= 15 is 0 Å². The van der Waals surface area contributed by atoms with Crippen molar-refractivity contribution in [2.24, 2.45) is 4.99 Å². The highest BCUT2D eigenvalue weighted by atomic mass is 79.9. The lowest BCUT2D eigenvalue weighted by Gasteiger charge is -2.07. The molecule has 136 valence electrons. The molecule has 7 heteroatoms. The van der Waals surface area contributed by atoms with Gasteiger partial charge in [0.1, 0.15) is 11.8 Å². The van der Waals surface area contributed by atoms with Gasteiger partial charge in [-0.2, -0.15) is 5.26 Å². The summed E-state index contributed by atoms with van der Waals surface area (Å²) in [6.45, 7) is 2.04. The number of aryl methyl sites for hydroxylation is 1. The van der Waals surface area contributed by atoms with Gasteiger partial charge in [0.05, 0.1) is 10.6 Å². The van der Waals surface area contributed by atoms with Gasteiger partial charge in [-0.1, -0.05) is 35.0 Å². The number of benzene rings is 2. The number of rotatable bonds is 5. The Morgan fingerprint density at radius 1 is 1.30 bits per heavy atom. The van der Waals surface area contributed by atoms with Crippen LogP contribution in [-0.2, 0) is 11.2 Å². The van der Waals surface area contributed by atoms with E-state index in [2.05, 4.69) is 33.2 Å². The van der Waals surface area contributed by atoms with E-state index in [0.717, 1.165) is 16.6 Å². The van der Waals surface area contributed by atoms with Crippen LogP contribution in [-0.4, -0.2) is 17.7 Å². The third-order valence-corrected chi connectivity index (χ3v) is 5.18. The lowest BCUT2D eigenvalue weighted by Crippen LogP contribution is -2.19. The van der Waals surface area contributed by atoms with E-state index in [0.29, 0.717) is 21.4 Å². The van der Waals surface area contributed by atoms with Crippen LogP contribution in [0.4, 0.5) is 5.69 Å². The molecule has 0 aliphatic carbocycles. The van der Waals surface area contributed by atoms with Crippen LogP contribution in [0.1, 0.15) is 18.1 Å². The second kappa shape index (κ2) is 8.89. The van der Waals surface area contributed by atoms with Gasteiger partial charge in [-0.05, 0) is 60.2 Å². The Bertz CT molecular complexity index is 962. The average Bonchev–Trinajstić information content (AvgIpc) is 3.00. The summed E-state index contributed by atoms with van der Waals surface area (Å²) >= 11 is 4.69. The maximum atomic E-state index is 12.3. The Hall–Kier alpha value is -2.56. The summed E-state index contributed by atoms with van der Waals surface area (Å²) in [6.07, 6.45) is 2.71. The second-order valence-electron chi connectivity index (χ2n) is 5.63. The van der Waals surface area contributed by atoms with Crippen LogP contribution in [0.2, 0.25) is 0 Å². The minimum absolute atomic E-state index is 0.0579. The number of amidine groups is 1. The van der Waals surface area contributed by atoms with E-state index < -0.39 is 0 Å². The Morgan fingerprint density at radius 3 is 2.78 bits per heavy atom. The molecule has 0 radical (unpaired) electrons. The lowest BCUT2D eigenvalue weighted by molar-refractivity contribution is -0.115. The minimum atomic E-state index is -0.213. The number of nitrogens with zero attached hydrogens (tertiary/aromatic N) is 2. The molecule has 1 aliphatic heterocycles.